The van der Waals surface area contributed by atoms with Gasteiger partial charge in [-0.25, -0.2) is 4.39 Å². The number of nitriles is 1. The Morgan fingerprint density at radius 2 is 1.63 bits per heavy atom. The lowest BCUT2D eigenvalue weighted by molar-refractivity contribution is -0.148. The molecule has 1 aliphatic carbocycles. The Balaban J connectivity index is 1.92. The molecule has 1 saturated carbocycles. The van der Waals surface area contributed by atoms with Crippen LogP contribution in [0.25, 0.3) is 0 Å². The van der Waals surface area contributed by atoms with E-state index in [1.54, 1.807) is 0 Å². The molecule has 1 aromatic rings. The maximum absolute atomic E-state index is 14.4. The van der Waals surface area contributed by atoms with Crippen LogP contribution in [-0.2, 0) is 14.1 Å². The van der Waals surface area contributed by atoms with Gasteiger partial charge in [0, 0.05) is 6.42 Å². The molecule has 1 saturated heterocycles. The number of benzene rings is 1. The normalized spacial score (nSPS) is 21.9. The van der Waals surface area contributed by atoms with Gasteiger partial charge in [0.25, 0.3) is 5.91 Å². The number of hydrogen-bond acceptors (Lipinski definition) is 5. The van der Waals surface area contributed by atoms with Crippen LogP contribution in [0, 0.1) is 11.3 Å². The third kappa shape index (κ3) is 6.22. The van der Waals surface area contributed by atoms with E-state index < -0.39 is 59.8 Å². The van der Waals surface area contributed by atoms with Crippen molar-refractivity contribution in [3.63, 3.8) is 0 Å². The van der Waals surface area contributed by atoms with Crippen LogP contribution in [0.4, 0.5) is 17.6 Å². The van der Waals surface area contributed by atoms with E-state index in [9.17, 15) is 27.6 Å². The van der Waals surface area contributed by atoms with Gasteiger partial charge in [-0.3, -0.25) is 9.79 Å². The summed E-state index contributed by atoms with van der Waals surface area (Å²) >= 11 is 0. The number of nitrogens with zero attached hydrogens (tertiary/aromatic N) is 2. The Kier molecular flexibility index (Phi) is 6.90. The molecule has 0 bridgehead atoms. The highest BCUT2D eigenvalue weighted by atomic mass is 19.4. The number of aliphatic imine (C=N–C) groups is 1. The van der Waals surface area contributed by atoms with E-state index in [1.807, 2.05) is 33.8 Å². The largest absolute Gasteiger partial charge is 0.494 e. The first-order chi connectivity index (χ1) is 15.9. The van der Waals surface area contributed by atoms with Crippen molar-refractivity contribution in [3.8, 4) is 6.07 Å². The minimum absolute atomic E-state index is 0.221. The summed E-state index contributed by atoms with van der Waals surface area (Å²) in [5.41, 5.74) is -4.63. The van der Waals surface area contributed by atoms with Crippen molar-refractivity contribution in [2.24, 2.45) is 4.99 Å². The second-order valence-electron chi connectivity index (χ2n) is 10.8. The number of hydrogen-bond donors (Lipinski definition) is 1. The van der Waals surface area contributed by atoms with Crippen molar-refractivity contribution < 1.29 is 31.7 Å². The van der Waals surface area contributed by atoms with E-state index in [0.717, 1.165) is 13.8 Å². The molecule has 0 unspecified atom stereocenters. The quantitative estimate of drug-likeness (QED) is 0.347. The summed E-state index contributed by atoms with van der Waals surface area (Å²) in [7, 11) is -0.753. The van der Waals surface area contributed by atoms with Gasteiger partial charge in [-0.2, -0.15) is 18.4 Å². The summed E-state index contributed by atoms with van der Waals surface area (Å²) in [5, 5.41) is 11.6. The molecule has 1 N–H and O–H groups in total. The number of halogens is 4. The van der Waals surface area contributed by atoms with Crippen LogP contribution in [-0.4, -0.2) is 47.3 Å². The Hall–Kier alpha value is -2.45. The molecule has 6 nitrogen and oxygen atoms in total. The minimum Gasteiger partial charge on any atom is -0.399 e. The maximum atomic E-state index is 14.4. The van der Waals surface area contributed by atoms with Crippen molar-refractivity contribution in [1.29, 1.82) is 5.26 Å². The molecule has 0 radical (unpaired) electrons. The number of amides is 1. The summed E-state index contributed by atoms with van der Waals surface area (Å²) in [5.74, 6) is -0.974. The first-order valence-corrected chi connectivity index (χ1v) is 11.4. The summed E-state index contributed by atoms with van der Waals surface area (Å²) in [6.45, 7) is 9.77. The van der Waals surface area contributed by atoms with Gasteiger partial charge in [0.15, 0.2) is 6.04 Å². The molecular weight excluding hydrogens is 465 g/mol. The van der Waals surface area contributed by atoms with Crippen molar-refractivity contribution >= 4 is 24.2 Å². The van der Waals surface area contributed by atoms with Gasteiger partial charge >= 0.3 is 13.3 Å². The fourth-order valence-corrected chi connectivity index (χ4v) is 3.57. The first-order valence-electron chi connectivity index (χ1n) is 11.4. The average molecular weight is 495 g/mol. The SMILES string of the molecule is CC(C)(F)CC(=N[C@@H](c1ccc(B2OC(C)(C)C(C)(C)O2)cc1)C(F)(F)F)C(=O)NC1(C#N)CC1. The molecule has 1 aliphatic heterocycles. The second-order valence-corrected chi connectivity index (χ2v) is 10.8. The smallest absolute Gasteiger partial charge is 0.399 e. The molecule has 3 rings (SSSR count). The third-order valence-electron chi connectivity index (χ3n) is 6.54. The van der Waals surface area contributed by atoms with Crippen molar-refractivity contribution in [1.82, 2.24) is 5.32 Å². The maximum Gasteiger partial charge on any atom is 0.494 e. The van der Waals surface area contributed by atoms with E-state index in [1.165, 1.54) is 24.3 Å². The van der Waals surface area contributed by atoms with Gasteiger partial charge in [0.1, 0.15) is 16.9 Å². The third-order valence-corrected chi connectivity index (χ3v) is 6.54. The molecule has 1 heterocycles. The molecule has 0 spiro atoms. The molecule has 11 heteroatoms. The van der Waals surface area contributed by atoms with E-state index in [4.69, 9.17) is 9.31 Å². The molecule has 1 atom stereocenters. The Morgan fingerprint density at radius 3 is 2.03 bits per heavy atom. The predicted molar refractivity (Wildman–Crippen MR) is 124 cm³/mol. The number of nitrogens with one attached hydrogen (secondary N) is 1. The van der Waals surface area contributed by atoms with Gasteiger partial charge in [0.05, 0.1) is 17.3 Å². The molecule has 2 fully saturated rings. The Bertz CT molecular complexity index is 1020. The van der Waals surface area contributed by atoms with Gasteiger partial charge in [-0.1, -0.05) is 24.3 Å². The van der Waals surface area contributed by atoms with Crippen molar-refractivity contribution in [2.45, 2.75) is 95.4 Å². The lowest BCUT2D eigenvalue weighted by Crippen LogP contribution is -2.42. The Labute approximate surface area is 203 Å². The molecule has 35 heavy (non-hydrogen) atoms. The van der Waals surface area contributed by atoms with E-state index in [2.05, 4.69) is 10.3 Å². The fourth-order valence-electron chi connectivity index (χ4n) is 3.57. The molecular formula is C24H30BF4N3O3. The predicted octanol–water partition coefficient (Wildman–Crippen LogP) is 4.34. The standard InChI is InChI=1S/C24H30BF4N3O3/c1-20(2,26)13-17(19(33)32-23(14-30)11-12-23)31-18(24(27,28)29)15-7-9-16(10-8-15)25-34-21(3,4)22(5,6)35-25/h7-10,18H,11-13H2,1-6H3,(H,32,33)/t18-/m0/s1. The topological polar surface area (TPSA) is 83.7 Å². The minimum atomic E-state index is -4.84. The molecule has 190 valence electrons. The number of carbonyl (C=O) groups excluding carboxylic acids is 1. The summed E-state index contributed by atoms with van der Waals surface area (Å²) < 4.78 is 68.4. The lowest BCUT2D eigenvalue weighted by atomic mass is 9.78. The van der Waals surface area contributed by atoms with Crippen LogP contribution >= 0.6 is 0 Å². The van der Waals surface area contributed by atoms with Crippen molar-refractivity contribution in [2.75, 3.05) is 0 Å². The number of rotatable bonds is 7. The van der Waals surface area contributed by atoms with Crippen molar-refractivity contribution in [3.05, 3.63) is 29.8 Å². The van der Waals surface area contributed by atoms with E-state index in [0.29, 0.717) is 18.3 Å². The van der Waals surface area contributed by atoms with Crippen LogP contribution < -0.4 is 10.8 Å². The Morgan fingerprint density at radius 1 is 1.11 bits per heavy atom. The summed E-state index contributed by atoms with van der Waals surface area (Å²) in [4.78, 5) is 16.4. The zero-order valence-corrected chi connectivity index (χ0v) is 20.7. The molecule has 0 aromatic heterocycles. The highest BCUT2D eigenvalue weighted by Gasteiger charge is 2.52. The van der Waals surface area contributed by atoms with Gasteiger partial charge < -0.3 is 14.6 Å². The van der Waals surface area contributed by atoms with E-state index >= 15 is 0 Å². The van der Waals surface area contributed by atoms with Gasteiger partial charge in [-0.15, -0.1) is 0 Å². The summed E-state index contributed by atoms with van der Waals surface area (Å²) in [6.07, 6.45) is -4.72. The van der Waals surface area contributed by atoms with Crippen LogP contribution in [0.5, 0.6) is 0 Å². The number of carbonyl (C=O) groups is 1. The van der Waals surface area contributed by atoms with Crippen LogP contribution in [0.15, 0.2) is 29.3 Å². The highest BCUT2D eigenvalue weighted by molar-refractivity contribution is 6.62. The fraction of sp³-hybridized carbons (Fsp3) is 0.625. The molecule has 1 aromatic carbocycles. The zero-order valence-electron chi connectivity index (χ0n) is 20.7. The van der Waals surface area contributed by atoms with Gasteiger partial charge in [0.2, 0.25) is 0 Å². The van der Waals surface area contributed by atoms with E-state index in [-0.39, 0.29) is 5.56 Å². The second kappa shape index (κ2) is 8.89. The van der Waals surface area contributed by atoms with Crippen LogP contribution in [0.1, 0.15) is 72.4 Å². The molecule has 2 aliphatic rings. The van der Waals surface area contributed by atoms with Crippen LogP contribution in [0.3, 0.4) is 0 Å². The number of alkyl halides is 4. The molecule has 1 amide bonds. The summed E-state index contributed by atoms with van der Waals surface area (Å²) in [6, 6.07) is 4.95. The average Bonchev–Trinajstić information content (AvgIpc) is 3.43. The zero-order chi connectivity index (χ0) is 26.4. The van der Waals surface area contributed by atoms with Gasteiger partial charge in [-0.05, 0) is 65.4 Å². The monoisotopic (exact) mass is 495 g/mol. The highest BCUT2D eigenvalue weighted by Crippen LogP contribution is 2.39. The first kappa shape index (κ1) is 27.1. The lowest BCUT2D eigenvalue weighted by Gasteiger charge is -2.32. The van der Waals surface area contributed by atoms with Crippen LogP contribution in [0.2, 0.25) is 0 Å².